The number of hydrogen-bond donors (Lipinski definition) is 1. The van der Waals surface area contributed by atoms with Crippen LogP contribution in [-0.4, -0.2) is 84.1 Å². The van der Waals surface area contributed by atoms with Crippen molar-refractivity contribution in [3.05, 3.63) is 29.6 Å². The highest BCUT2D eigenvalue weighted by molar-refractivity contribution is 5.86. The van der Waals surface area contributed by atoms with Gasteiger partial charge in [-0.15, -0.1) is 0 Å². The SMILES string of the molecule is COc1ccc(F)c(CN2CCC[C@](O)(CN3CCN(C)C(=O)C3)C2=O)c1. The maximum Gasteiger partial charge on any atom is 0.256 e. The van der Waals surface area contributed by atoms with Crippen molar-refractivity contribution in [2.75, 3.05) is 46.9 Å². The van der Waals surface area contributed by atoms with Crippen LogP contribution >= 0.6 is 0 Å². The molecule has 148 valence electrons. The van der Waals surface area contributed by atoms with E-state index in [0.29, 0.717) is 43.8 Å². The number of piperazine rings is 1. The molecule has 8 heteroatoms. The second kappa shape index (κ2) is 7.82. The molecule has 1 atom stereocenters. The third kappa shape index (κ3) is 4.22. The molecule has 2 aliphatic heterocycles. The standard InChI is InChI=1S/C19H26FN3O4/c1-21-8-9-22(12-17(21)24)13-19(26)6-3-7-23(18(19)25)11-14-10-15(27-2)4-5-16(14)20/h4-5,10,26H,3,6-9,11-13H2,1-2H3/t19-/m0/s1. The molecule has 2 saturated heterocycles. The monoisotopic (exact) mass is 379 g/mol. The van der Waals surface area contributed by atoms with Crippen molar-refractivity contribution in [2.45, 2.75) is 25.0 Å². The van der Waals surface area contributed by atoms with Crippen LogP contribution in [0.5, 0.6) is 5.75 Å². The highest BCUT2D eigenvalue weighted by atomic mass is 19.1. The van der Waals surface area contributed by atoms with Crippen molar-refractivity contribution >= 4 is 11.8 Å². The Balaban J connectivity index is 1.70. The topological polar surface area (TPSA) is 73.3 Å². The summed E-state index contributed by atoms with van der Waals surface area (Å²) in [6.45, 7) is 2.02. The number of hydrogen-bond acceptors (Lipinski definition) is 5. The van der Waals surface area contributed by atoms with Crippen molar-refractivity contribution in [3.8, 4) is 5.75 Å². The van der Waals surface area contributed by atoms with Crippen molar-refractivity contribution in [1.82, 2.24) is 14.7 Å². The smallest absolute Gasteiger partial charge is 0.256 e. The van der Waals surface area contributed by atoms with Gasteiger partial charge in [0.1, 0.15) is 11.6 Å². The Morgan fingerprint density at radius 2 is 2.04 bits per heavy atom. The summed E-state index contributed by atoms with van der Waals surface area (Å²) in [5, 5.41) is 11.0. The number of methoxy groups -OCH3 is 1. The molecule has 3 rings (SSSR count). The fourth-order valence-electron chi connectivity index (χ4n) is 3.68. The van der Waals surface area contributed by atoms with Crippen molar-refractivity contribution in [2.24, 2.45) is 0 Å². The van der Waals surface area contributed by atoms with E-state index in [1.807, 2.05) is 4.90 Å². The van der Waals surface area contributed by atoms with Crippen LogP contribution < -0.4 is 4.74 Å². The number of nitrogens with zero attached hydrogens (tertiary/aromatic N) is 3. The molecule has 7 nitrogen and oxygen atoms in total. The molecule has 2 aliphatic rings. The number of rotatable bonds is 5. The molecule has 0 aliphatic carbocycles. The lowest BCUT2D eigenvalue weighted by molar-refractivity contribution is -0.162. The molecule has 1 aromatic rings. The normalized spacial score (nSPS) is 24.4. The molecule has 0 unspecified atom stereocenters. The van der Waals surface area contributed by atoms with Gasteiger partial charge < -0.3 is 19.6 Å². The summed E-state index contributed by atoms with van der Waals surface area (Å²) < 4.78 is 19.3. The number of amides is 2. The molecule has 0 spiro atoms. The Morgan fingerprint density at radius 1 is 1.26 bits per heavy atom. The van der Waals surface area contributed by atoms with E-state index in [-0.39, 0.29) is 25.5 Å². The van der Waals surface area contributed by atoms with E-state index in [1.54, 1.807) is 18.0 Å². The van der Waals surface area contributed by atoms with Crippen LogP contribution in [0.15, 0.2) is 18.2 Å². The van der Waals surface area contributed by atoms with Gasteiger partial charge in [-0.1, -0.05) is 0 Å². The summed E-state index contributed by atoms with van der Waals surface area (Å²) in [4.78, 5) is 29.8. The van der Waals surface area contributed by atoms with Gasteiger partial charge >= 0.3 is 0 Å². The highest BCUT2D eigenvalue weighted by Crippen LogP contribution is 2.27. The van der Waals surface area contributed by atoms with Gasteiger partial charge in [0, 0.05) is 45.3 Å². The Morgan fingerprint density at radius 3 is 2.74 bits per heavy atom. The summed E-state index contributed by atoms with van der Waals surface area (Å²) in [5.41, 5.74) is -1.20. The minimum atomic E-state index is -1.55. The highest BCUT2D eigenvalue weighted by Gasteiger charge is 2.44. The van der Waals surface area contributed by atoms with Crippen molar-refractivity contribution < 1.29 is 23.8 Å². The first-order chi connectivity index (χ1) is 12.8. The average Bonchev–Trinajstić information content (AvgIpc) is 2.64. The van der Waals surface area contributed by atoms with Crippen LogP contribution in [0.25, 0.3) is 0 Å². The van der Waals surface area contributed by atoms with E-state index < -0.39 is 17.3 Å². The first-order valence-electron chi connectivity index (χ1n) is 9.13. The van der Waals surface area contributed by atoms with Gasteiger partial charge in [-0.05, 0) is 31.0 Å². The van der Waals surface area contributed by atoms with Crippen LogP contribution in [0.3, 0.4) is 0 Å². The van der Waals surface area contributed by atoms with Gasteiger partial charge in [-0.3, -0.25) is 14.5 Å². The molecule has 0 aromatic heterocycles. The number of aliphatic hydroxyl groups is 1. The minimum absolute atomic E-state index is 0.0246. The average molecular weight is 379 g/mol. The van der Waals surface area contributed by atoms with Crippen LogP contribution in [-0.2, 0) is 16.1 Å². The van der Waals surface area contributed by atoms with Crippen molar-refractivity contribution in [3.63, 3.8) is 0 Å². The summed E-state index contributed by atoms with van der Waals surface area (Å²) in [6, 6.07) is 4.40. The van der Waals surface area contributed by atoms with E-state index in [9.17, 15) is 19.1 Å². The number of piperidine rings is 1. The van der Waals surface area contributed by atoms with Crippen LogP contribution in [0, 0.1) is 5.82 Å². The number of ether oxygens (including phenoxy) is 1. The molecule has 2 amide bonds. The summed E-state index contributed by atoms with van der Waals surface area (Å²) in [7, 11) is 3.24. The van der Waals surface area contributed by atoms with Crippen LogP contribution in [0.2, 0.25) is 0 Å². The van der Waals surface area contributed by atoms with Gasteiger partial charge in [0.25, 0.3) is 5.91 Å². The molecule has 27 heavy (non-hydrogen) atoms. The van der Waals surface area contributed by atoms with Gasteiger partial charge in [0.05, 0.1) is 13.7 Å². The Labute approximate surface area is 158 Å². The van der Waals surface area contributed by atoms with E-state index in [0.717, 1.165) is 0 Å². The molecule has 1 N–H and O–H groups in total. The third-order valence-corrected chi connectivity index (χ3v) is 5.34. The molecule has 1 aromatic carbocycles. The second-order valence-corrected chi connectivity index (χ2v) is 7.35. The summed E-state index contributed by atoms with van der Waals surface area (Å²) in [5.74, 6) is -0.338. The van der Waals surface area contributed by atoms with E-state index >= 15 is 0 Å². The fourth-order valence-corrected chi connectivity index (χ4v) is 3.68. The minimum Gasteiger partial charge on any atom is -0.497 e. The van der Waals surface area contributed by atoms with Crippen LogP contribution in [0.4, 0.5) is 4.39 Å². The number of likely N-dealkylation sites (N-methyl/N-ethyl adjacent to an activating group) is 1. The van der Waals surface area contributed by atoms with E-state index in [4.69, 9.17) is 4.74 Å². The molecule has 0 saturated carbocycles. The number of halogens is 1. The lowest BCUT2D eigenvalue weighted by atomic mass is 9.90. The Kier molecular flexibility index (Phi) is 5.67. The second-order valence-electron chi connectivity index (χ2n) is 7.35. The van der Waals surface area contributed by atoms with E-state index in [2.05, 4.69) is 0 Å². The number of likely N-dealkylation sites (tertiary alicyclic amines) is 1. The lowest BCUT2D eigenvalue weighted by Crippen LogP contribution is -2.61. The zero-order valence-electron chi connectivity index (χ0n) is 15.8. The van der Waals surface area contributed by atoms with Crippen molar-refractivity contribution in [1.29, 1.82) is 0 Å². The number of β-amino-alcohol motifs (C(OH)–C–C–N with tert-alkyl or cyclic N) is 1. The maximum absolute atomic E-state index is 14.1. The zero-order chi connectivity index (χ0) is 19.6. The van der Waals surface area contributed by atoms with E-state index in [1.165, 1.54) is 24.1 Å². The van der Waals surface area contributed by atoms with Gasteiger partial charge in [0.15, 0.2) is 5.60 Å². The molecular weight excluding hydrogens is 353 g/mol. The maximum atomic E-state index is 14.1. The predicted octanol–water partition coefficient (Wildman–Crippen LogP) is 0.462. The Hall–Kier alpha value is -2.19. The lowest BCUT2D eigenvalue weighted by Gasteiger charge is -2.42. The molecule has 0 bridgehead atoms. The third-order valence-electron chi connectivity index (χ3n) is 5.34. The van der Waals surface area contributed by atoms with Gasteiger partial charge in [-0.25, -0.2) is 4.39 Å². The predicted molar refractivity (Wildman–Crippen MR) is 96.6 cm³/mol. The quantitative estimate of drug-likeness (QED) is 0.805. The number of carbonyl (C=O) groups excluding carboxylic acids is 2. The van der Waals surface area contributed by atoms with Gasteiger partial charge in [-0.2, -0.15) is 0 Å². The molecule has 0 radical (unpaired) electrons. The number of carbonyl (C=O) groups is 2. The molecule has 2 fully saturated rings. The largest absolute Gasteiger partial charge is 0.497 e. The molecule has 2 heterocycles. The molecular formula is C19H26FN3O4. The first-order valence-corrected chi connectivity index (χ1v) is 9.13. The summed E-state index contributed by atoms with van der Waals surface area (Å²) >= 11 is 0. The van der Waals surface area contributed by atoms with Gasteiger partial charge in [0.2, 0.25) is 5.91 Å². The Bertz CT molecular complexity index is 729. The fraction of sp³-hybridized carbons (Fsp3) is 0.579. The summed E-state index contributed by atoms with van der Waals surface area (Å²) in [6.07, 6.45) is 0.957. The first kappa shape index (κ1) is 19.6. The zero-order valence-corrected chi connectivity index (χ0v) is 15.8. The van der Waals surface area contributed by atoms with Crippen LogP contribution in [0.1, 0.15) is 18.4 Å². The number of benzene rings is 1.